The largest absolute Gasteiger partial charge is 0.444 e. The maximum atomic E-state index is 13.9. The fraction of sp³-hybridized carbons (Fsp3) is 0.364. The lowest BCUT2D eigenvalue weighted by Crippen LogP contribution is -2.74. The van der Waals surface area contributed by atoms with E-state index < -0.39 is 71.7 Å². The van der Waals surface area contributed by atoms with Crippen molar-refractivity contribution in [3.8, 4) is 0 Å². The molecular formula is C33H32F6N4O4. The molecule has 5 rings (SSSR count). The van der Waals surface area contributed by atoms with Crippen molar-refractivity contribution in [1.82, 2.24) is 14.7 Å². The first kappa shape index (κ1) is 33.8. The minimum Gasteiger partial charge on any atom is -0.444 e. The molecule has 3 amide bonds. The average molecular weight is 663 g/mol. The van der Waals surface area contributed by atoms with Crippen molar-refractivity contribution in [2.75, 3.05) is 19.6 Å². The summed E-state index contributed by atoms with van der Waals surface area (Å²) < 4.78 is 85.9. The molecule has 0 spiro atoms. The number of piperazine rings is 1. The van der Waals surface area contributed by atoms with Crippen LogP contribution in [0.3, 0.4) is 0 Å². The maximum absolute atomic E-state index is 13.9. The number of alkyl halides is 6. The van der Waals surface area contributed by atoms with Gasteiger partial charge in [-0.1, -0.05) is 60.2 Å². The quantitative estimate of drug-likeness (QED) is 0.344. The highest BCUT2D eigenvalue weighted by Crippen LogP contribution is 2.37. The highest BCUT2D eigenvalue weighted by Gasteiger charge is 2.51. The van der Waals surface area contributed by atoms with Gasteiger partial charge in [0, 0.05) is 19.6 Å². The van der Waals surface area contributed by atoms with Crippen molar-refractivity contribution >= 4 is 17.9 Å². The van der Waals surface area contributed by atoms with Crippen molar-refractivity contribution in [2.45, 2.75) is 51.1 Å². The van der Waals surface area contributed by atoms with Crippen molar-refractivity contribution in [2.24, 2.45) is 11.7 Å². The van der Waals surface area contributed by atoms with Crippen LogP contribution >= 0.6 is 0 Å². The Balaban J connectivity index is 1.45. The van der Waals surface area contributed by atoms with Crippen LogP contribution in [0.1, 0.15) is 33.4 Å². The minimum atomic E-state index is -5.08. The number of carbonyl (C=O) groups excluding carboxylic acids is 3. The van der Waals surface area contributed by atoms with E-state index in [0.717, 1.165) is 16.7 Å². The minimum absolute atomic E-state index is 0.0115. The van der Waals surface area contributed by atoms with Crippen LogP contribution in [0.5, 0.6) is 0 Å². The average Bonchev–Trinajstić information content (AvgIpc) is 3.02. The molecule has 0 unspecified atom stereocenters. The third-order valence-electron chi connectivity index (χ3n) is 8.30. The fourth-order valence-electron chi connectivity index (χ4n) is 5.96. The van der Waals surface area contributed by atoms with Crippen LogP contribution in [-0.2, 0) is 46.3 Å². The molecule has 2 N–H and O–H groups in total. The molecular weight excluding hydrogens is 630 g/mol. The van der Waals surface area contributed by atoms with Crippen molar-refractivity contribution in [3.63, 3.8) is 0 Å². The normalized spacial score (nSPS) is 20.3. The van der Waals surface area contributed by atoms with Crippen LogP contribution in [0.15, 0.2) is 72.8 Å². The summed E-state index contributed by atoms with van der Waals surface area (Å²) in [7, 11) is 0. The number of halogens is 6. The Hall–Kier alpha value is -4.59. The standard InChI is InChI=1S/C33H32F6N4O4/c1-20-7-9-21(10-8-20)11-24-17-42(31(46)47-19-23-12-25(32(34,35)36)14-26(13-23)33(37,38)39)28-18-41(16-22-5-3-2-4-6-22)30(45)27(15-40)43(28)29(24)44/h2-10,12-14,24,27-28H,11,15-19,40H2,1H3/t24-,27-,28+/m0/s1. The van der Waals surface area contributed by atoms with E-state index >= 15 is 0 Å². The Labute approximate surface area is 266 Å². The SMILES string of the molecule is Cc1ccc(C[C@H]2CN(C(=O)OCc3cc(C(F)(F)F)cc(C(F)(F)F)c3)[C@H]3CN(Cc4ccccc4)C(=O)[C@H](CN)N3C2=O)cc1. The molecule has 2 aliphatic rings. The van der Waals surface area contributed by atoms with Gasteiger partial charge < -0.3 is 20.3 Å². The molecule has 0 aliphatic carbocycles. The van der Waals surface area contributed by atoms with Crippen LogP contribution in [0.25, 0.3) is 0 Å². The van der Waals surface area contributed by atoms with Gasteiger partial charge in [0.25, 0.3) is 0 Å². The van der Waals surface area contributed by atoms with Crippen LogP contribution in [-0.4, -0.2) is 64.4 Å². The van der Waals surface area contributed by atoms with Gasteiger partial charge in [-0.25, -0.2) is 4.79 Å². The number of nitrogens with two attached hydrogens (primary N) is 1. The lowest BCUT2D eigenvalue weighted by atomic mass is 9.91. The van der Waals surface area contributed by atoms with E-state index in [1.807, 2.05) is 31.2 Å². The van der Waals surface area contributed by atoms with E-state index in [1.165, 1.54) is 14.7 Å². The van der Waals surface area contributed by atoms with Crippen molar-refractivity contribution in [3.05, 3.63) is 106 Å². The molecule has 2 aliphatic heterocycles. The molecule has 3 aromatic carbocycles. The molecule has 2 fully saturated rings. The third-order valence-corrected chi connectivity index (χ3v) is 8.30. The zero-order valence-electron chi connectivity index (χ0n) is 25.2. The summed E-state index contributed by atoms with van der Waals surface area (Å²) in [4.78, 5) is 45.1. The van der Waals surface area contributed by atoms with Gasteiger partial charge in [-0.2, -0.15) is 26.3 Å². The van der Waals surface area contributed by atoms with E-state index in [-0.39, 0.29) is 38.7 Å². The number of carbonyl (C=O) groups is 3. The van der Waals surface area contributed by atoms with Crippen molar-refractivity contribution in [1.29, 1.82) is 0 Å². The number of fused-ring (bicyclic) bond motifs is 1. The Bertz CT molecular complexity index is 1580. The van der Waals surface area contributed by atoms with Gasteiger partial charge in [-0.3, -0.25) is 14.5 Å². The van der Waals surface area contributed by atoms with E-state index in [1.54, 1.807) is 30.3 Å². The number of amides is 3. The Morgan fingerprint density at radius 1 is 0.830 bits per heavy atom. The molecule has 14 heteroatoms. The Morgan fingerprint density at radius 2 is 1.45 bits per heavy atom. The number of rotatable bonds is 7. The molecule has 2 heterocycles. The maximum Gasteiger partial charge on any atom is 0.416 e. The summed E-state index contributed by atoms with van der Waals surface area (Å²) >= 11 is 0. The van der Waals surface area contributed by atoms with E-state index in [9.17, 15) is 40.7 Å². The molecule has 3 atom stereocenters. The lowest BCUT2D eigenvalue weighted by molar-refractivity contribution is -0.172. The fourth-order valence-corrected chi connectivity index (χ4v) is 5.96. The van der Waals surface area contributed by atoms with Crippen molar-refractivity contribution < 1.29 is 45.5 Å². The first-order chi connectivity index (χ1) is 22.2. The molecule has 0 bridgehead atoms. The summed E-state index contributed by atoms with van der Waals surface area (Å²) in [6, 6.07) is 16.2. The highest BCUT2D eigenvalue weighted by molar-refractivity contribution is 5.92. The highest BCUT2D eigenvalue weighted by atomic mass is 19.4. The summed E-state index contributed by atoms with van der Waals surface area (Å²) in [6.45, 7) is 0.592. The van der Waals surface area contributed by atoms with Gasteiger partial charge in [-0.15, -0.1) is 0 Å². The molecule has 0 radical (unpaired) electrons. The number of hydrogen-bond donors (Lipinski definition) is 1. The van der Waals surface area contributed by atoms with Gasteiger partial charge in [0.05, 0.1) is 23.6 Å². The predicted octanol–water partition coefficient (Wildman–Crippen LogP) is 5.37. The molecule has 2 saturated heterocycles. The molecule has 0 aromatic heterocycles. The second kappa shape index (κ2) is 13.3. The number of ether oxygens (including phenoxy) is 1. The Kier molecular flexibility index (Phi) is 9.53. The molecule has 8 nitrogen and oxygen atoms in total. The summed E-state index contributed by atoms with van der Waals surface area (Å²) in [5.74, 6) is -1.67. The number of nitrogens with zero attached hydrogens (tertiary/aromatic N) is 3. The summed E-state index contributed by atoms with van der Waals surface area (Å²) in [6.07, 6.45) is -12.1. The molecule has 3 aromatic rings. The molecule has 0 saturated carbocycles. The number of aryl methyl sites for hydroxylation is 1. The smallest absolute Gasteiger partial charge is 0.416 e. The second-order valence-corrected chi connectivity index (χ2v) is 11.7. The van der Waals surface area contributed by atoms with Crippen LogP contribution in [0, 0.1) is 12.8 Å². The summed E-state index contributed by atoms with van der Waals surface area (Å²) in [5, 5.41) is 0. The monoisotopic (exact) mass is 662 g/mol. The molecule has 47 heavy (non-hydrogen) atoms. The van der Waals surface area contributed by atoms with Crippen LogP contribution in [0.4, 0.5) is 31.1 Å². The van der Waals surface area contributed by atoms with Gasteiger partial charge in [0.1, 0.15) is 18.8 Å². The van der Waals surface area contributed by atoms with Crippen LogP contribution in [0.2, 0.25) is 0 Å². The number of benzene rings is 3. The topological polar surface area (TPSA) is 96.2 Å². The lowest BCUT2D eigenvalue weighted by Gasteiger charge is -2.53. The van der Waals surface area contributed by atoms with Gasteiger partial charge in [0.15, 0.2) is 0 Å². The first-order valence-corrected chi connectivity index (χ1v) is 14.8. The van der Waals surface area contributed by atoms with E-state index in [2.05, 4.69) is 0 Å². The van der Waals surface area contributed by atoms with Gasteiger partial charge >= 0.3 is 18.4 Å². The summed E-state index contributed by atoms with van der Waals surface area (Å²) in [5.41, 5.74) is 4.97. The third kappa shape index (κ3) is 7.53. The zero-order valence-corrected chi connectivity index (χ0v) is 25.2. The second-order valence-electron chi connectivity index (χ2n) is 11.7. The number of hydrogen-bond acceptors (Lipinski definition) is 5. The van der Waals surface area contributed by atoms with Gasteiger partial charge in [-0.05, 0) is 48.2 Å². The zero-order chi connectivity index (χ0) is 34.1. The van der Waals surface area contributed by atoms with Gasteiger partial charge in [0.2, 0.25) is 11.8 Å². The van der Waals surface area contributed by atoms with E-state index in [0.29, 0.717) is 12.1 Å². The predicted molar refractivity (Wildman–Crippen MR) is 157 cm³/mol. The first-order valence-electron chi connectivity index (χ1n) is 14.8. The molecule has 250 valence electrons. The van der Waals surface area contributed by atoms with Crippen LogP contribution < -0.4 is 5.73 Å². The Morgan fingerprint density at radius 3 is 2.02 bits per heavy atom. The van der Waals surface area contributed by atoms with E-state index in [4.69, 9.17) is 10.5 Å².